The van der Waals surface area contributed by atoms with Gasteiger partial charge in [0.25, 0.3) is 0 Å². The maximum atomic E-state index is 13.2. The third-order valence-electron chi connectivity index (χ3n) is 5.33. The molecule has 2 heterocycles. The highest BCUT2D eigenvalue weighted by molar-refractivity contribution is 7.91. The summed E-state index contributed by atoms with van der Waals surface area (Å²) < 4.78 is 43.2. The van der Waals surface area contributed by atoms with Crippen LogP contribution in [0.5, 0.6) is 5.75 Å². The van der Waals surface area contributed by atoms with Gasteiger partial charge in [0.15, 0.2) is 9.84 Å². The summed E-state index contributed by atoms with van der Waals surface area (Å²) in [6.07, 6.45) is 0. The van der Waals surface area contributed by atoms with Crippen LogP contribution in [0.4, 0.5) is 10.1 Å². The molecule has 148 valence electrons. The largest absolute Gasteiger partial charge is 0.497 e. The number of anilines is 1. The zero-order valence-corrected chi connectivity index (χ0v) is 16.2. The van der Waals surface area contributed by atoms with Crippen LogP contribution in [0, 0.1) is 5.82 Å². The smallest absolute Gasteiger partial charge is 0.241 e. The van der Waals surface area contributed by atoms with Gasteiger partial charge in [0, 0.05) is 24.3 Å². The fourth-order valence-corrected chi connectivity index (χ4v) is 6.03. The predicted molar refractivity (Wildman–Crippen MR) is 104 cm³/mol. The topological polar surface area (TPSA) is 66.9 Å². The molecule has 0 radical (unpaired) electrons. The predicted octanol–water partition coefficient (Wildman–Crippen LogP) is 1.85. The van der Waals surface area contributed by atoms with E-state index in [1.54, 1.807) is 48.4 Å². The second-order valence-electron chi connectivity index (χ2n) is 7.21. The average Bonchev–Trinajstić information content (AvgIpc) is 2.99. The Morgan fingerprint density at radius 1 is 1.11 bits per heavy atom. The van der Waals surface area contributed by atoms with Crippen molar-refractivity contribution < 1.29 is 22.3 Å². The first-order valence-electron chi connectivity index (χ1n) is 9.01. The molecule has 2 fully saturated rings. The van der Waals surface area contributed by atoms with Crippen molar-refractivity contribution in [3.63, 3.8) is 0 Å². The van der Waals surface area contributed by atoms with Crippen LogP contribution in [0.25, 0.3) is 0 Å². The normalized spacial score (nSPS) is 24.2. The lowest BCUT2D eigenvalue weighted by atomic mass is 10.0. The number of ether oxygens (including phenoxy) is 1. The summed E-state index contributed by atoms with van der Waals surface area (Å²) in [6, 6.07) is 12.4. The molecule has 6 nitrogen and oxygen atoms in total. The molecule has 0 aromatic heterocycles. The Kier molecular flexibility index (Phi) is 4.84. The van der Waals surface area contributed by atoms with Gasteiger partial charge in [-0.25, -0.2) is 12.8 Å². The Labute approximate surface area is 163 Å². The van der Waals surface area contributed by atoms with Crippen molar-refractivity contribution >= 4 is 21.4 Å². The van der Waals surface area contributed by atoms with E-state index in [1.165, 1.54) is 12.1 Å². The standard InChI is InChI=1S/C20H21FN2O4S/c1-27-17-4-2-3-16(9-17)23-19-13-28(25,26)12-18(19)22(11-20(23)24)10-14-5-7-15(21)8-6-14/h2-9,18-19H,10-13H2,1H3/t18-,19-/m1/s1. The van der Waals surface area contributed by atoms with Crippen LogP contribution in [0.15, 0.2) is 48.5 Å². The molecule has 4 rings (SSSR count). The van der Waals surface area contributed by atoms with Crippen molar-refractivity contribution in [1.29, 1.82) is 0 Å². The van der Waals surface area contributed by atoms with Gasteiger partial charge in [-0.2, -0.15) is 0 Å². The molecule has 8 heteroatoms. The fraction of sp³-hybridized carbons (Fsp3) is 0.350. The molecule has 2 aliphatic rings. The molecule has 2 aromatic carbocycles. The maximum absolute atomic E-state index is 13.2. The van der Waals surface area contributed by atoms with Gasteiger partial charge in [-0.3, -0.25) is 9.69 Å². The van der Waals surface area contributed by atoms with E-state index >= 15 is 0 Å². The van der Waals surface area contributed by atoms with Crippen molar-refractivity contribution in [3.8, 4) is 5.75 Å². The van der Waals surface area contributed by atoms with Gasteiger partial charge >= 0.3 is 0 Å². The lowest BCUT2D eigenvalue weighted by molar-refractivity contribution is -0.123. The van der Waals surface area contributed by atoms with E-state index in [0.29, 0.717) is 18.0 Å². The second-order valence-corrected chi connectivity index (χ2v) is 9.36. The van der Waals surface area contributed by atoms with E-state index in [4.69, 9.17) is 4.74 Å². The lowest BCUT2D eigenvalue weighted by Gasteiger charge is -2.43. The number of fused-ring (bicyclic) bond motifs is 1. The Hall–Kier alpha value is -2.45. The Bertz CT molecular complexity index is 994. The Morgan fingerprint density at radius 2 is 1.82 bits per heavy atom. The van der Waals surface area contributed by atoms with Crippen LogP contribution in [0.2, 0.25) is 0 Å². The molecular formula is C20H21FN2O4S. The highest BCUT2D eigenvalue weighted by Gasteiger charge is 2.49. The van der Waals surface area contributed by atoms with Gasteiger partial charge in [-0.15, -0.1) is 0 Å². The van der Waals surface area contributed by atoms with Gasteiger partial charge in [0.05, 0.1) is 31.2 Å². The second kappa shape index (κ2) is 7.18. The maximum Gasteiger partial charge on any atom is 0.241 e. The van der Waals surface area contributed by atoms with Crippen LogP contribution in [0.3, 0.4) is 0 Å². The lowest BCUT2D eigenvalue weighted by Crippen LogP contribution is -2.61. The summed E-state index contributed by atoms with van der Waals surface area (Å²) in [6.45, 7) is 0.500. The van der Waals surface area contributed by atoms with Gasteiger partial charge in [-0.1, -0.05) is 18.2 Å². The number of methoxy groups -OCH3 is 1. The average molecular weight is 404 g/mol. The molecule has 0 N–H and O–H groups in total. The minimum Gasteiger partial charge on any atom is -0.497 e. The summed E-state index contributed by atoms with van der Waals surface area (Å²) in [7, 11) is -1.72. The molecular weight excluding hydrogens is 383 g/mol. The van der Waals surface area contributed by atoms with Crippen LogP contribution in [-0.2, 0) is 21.2 Å². The third-order valence-corrected chi connectivity index (χ3v) is 7.03. The van der Waals surface area contributed by atoms with Crippen molar-refractivity contribution in [2.24, 2.45) is 0 Å². The fourth-order valence-electron chi connectivity index (χ4n) is 4.05. The number of amides is 1. The van der Waals surface area contributed by atoms with Crippen LogP contribution < -0.4 is 9.64 Å². The number of piperazine rings is 1. The summed E-state index contributed by atoms with van der Waals surface area (Å²) in [4.78, 5) is 16.5. The monoisotopic (exact) mass is 404 g/mol. The van der Waals surface area contributed by atoms with Crippen molar-refractivity contribution in [2.45, 2.75) is 18.6 Å². The number of nitrogens with zero attached hydrogens (tertiary/aromatic N) is 2. The summed E-state index contributed by atoms with van der Waals surface area (Å²) in [5, 5.41) is 0. The Balaban J connectivity index is 1.66. The van der Waals surface area contributed by atoms with Crippen molar-refractivity contribution in [3.05, 3.63) is 59.9 Å². The first-order chi connectivity index (χ1) is 13.4. The summed E-state index contributed by atoms with van der Waals surface area (Å²) in [5.74, 6) is 0.0572. The zero-order chi connectivity index (χ0) is 19.9. The minimum atomic E-state index is -3.27. The van der Waals surface area contributed by atoms with Crippen LogP contribution in [0.1, 0.15) is 5.56 Å². The van der Waals surface area contributed by atoms with Gasteiger partial charge in [-0.05, 0) is 29.8 Å². The molecule has 0 unspecified atom stereocenters. The number of rotatable bonds is 4. The molecule has 1 amide bonds. The van der Waals surface area contributed by atoms with Gasteiger partial charge in [0.1, 0.15) is 11.6 Å². The quantitative estimate of drug-likeness (QED) is 0.778. The van der Waals surface area contributed by atoms with E-state index in [0.717, 1.165) is 5.56 Å². The molecule has 0 aliphatic carbocycles. The Morgan fingerprint density at radius 3 is 2.54 bits per heavy atom. The van der Waals surface area contributed by atoms with Gasteiger partial charge in [0.2, 0.25) is 5.91 Å². The van der Waals surface area contributed by atoms with E-state index in [1.807, 2.05) is 4.90 Å². The number of hydrogen-bond donors (Lipinski definition) is 0. The molecule has 2 aromatic rings. The SMILES string of the molecule is COc1cccc(N2C(=O)CN(Cc3ccc(F)cc3)[C@@H]3CS(=O)(=O)C[C@H]32)c1. The van der Waals surface area contributed by atoms with E-state index in [-0.39, 0.29) is 35.8 Å². The zero-order valence-electron chi connectivity index (χ0n) is 15.4. The van der Waals surface area contributed by atoms with E-state index in [2.05, 4.69) is 0 Å². The highest BCUT2D eigenvalue weighted by Crippen LogP contribution is 2.33. The first kappa shape index (κ1) is 18.9. The molecule has 28 heavy (non-hydrogen) atoms. The van der Waals surface area contributed by atoms with Crippen molar-refractivity contribution in [2.75, 3.05) is 30.1 Å². The van der Waals surface area contributed by atoms with Crippen LogP contribution >= 0.6 is 0 Å². The number of carbonyl (C=O) groups excluding carboxylic acids is 1. The molecule has 2 aliphatic heterocycles. The number of halogens is 1. The number of hydrogen-bond acceptors (Lipinski definition) is 5. The van der Waals surface area contributed by atoms with E-state index in [9.17, 15) is 17.6 Å². The number of sulfone groups is 1. The first-order valence-corrected chi connectivity index (χ1v) is 10.8. The number of benzene rings is 2. The van der Waals surface area contributed by atoms with Crippen molar-refractivity contribution in [1.82, 2.24) is 4.90 Å². The minimum absolute atomic E-state index is 0.00656. The molecule has 0 spiro atoms. The highest BCUT2D eigenvalue weighted by atomic mass is 32.2. The van der Waals surface area contributed by atoms with Gasteiger partial charge < -0.3 is 9.64 Å². The third kappa shape index (κ3) is 3.62. The summed E-state index contributed by atoms with van der Waals surface area (Å²) >= 11 is 0. The summed E-state index contributed by atoms with van der Waals surface area (Å²) in [5.41, 5.74) is 1.48. The molecule has 0 saturated carbocycles. The van der Waals surface area contributed by atoms with Crippen LogP contribution in [-0.4, -0.2) is 56.5 Å². The molecule has 2 atom stereocenters. The van der Waals surface area contributed by atoms with E-state index < -0.39 is 15.9 Å². The number of carbonyl (C=O) groups is 1. The molecule has 2 saturated heterocycles. The molecule has 0 bridgehead atoms.